The van der Waals surface area contributed by atoms with Crippen molar-refractivity contribution in [2.75, 3.05) is 18.1 Å². The Morgan fingerprint density at radius 2 is 2.12 bits per heavy atom. The Labute approximate surface area is 194 Å². The van der Waals surface area contributed by atoms with Crippen LogP contribution < -0.4 is 10.1 Å². The zero-order chi connectivity index (χ0) is 22.9. The molecule has 1 aromatic carbocycles. The maximum Gasteiger partial charge on any atom is 0.223 e. The molecular weight excluding hydrogens is 425 g/mol. The smallest absolute Gasteiger partial charge is 0.223 e. The van der Waals surface area contributed by atoms with Crippen molar-refractivity contribution >= 4 is 17.7 Å². The van der Waals surface area contributed by atoms with E-state index in [0.29, 0.717) is 30.0 Å². The lowest BCUT2D eigenvalue weighted by Gasteiger charge is -2.36. The molecule has 2 heterocycles. The Kier molecular flexibility index (Phi) is 6.84. The van der Waals surface area contributed by atoms with Gasteiger partial charge in [0.15, 0.2) is 0 Å². The van der Waals surface area contributed by atoms with E-state index < -0.39 is 0 Å². The van der Waals surface area contributed by atoms with Gasteiger partial charge in [-0.2, -0.15) is 16.9 Å². The van der Waals surface area contributed by atoms with E-state index in [1.54, 1.807) is 12.1 Å². The van der Waals surface area contributed by atoms with Crippen LogP contribution in [0.4, 0.5) is 4.39 Å². The van der Waals surface area contributed by atoms with Crippen molar-refractivity contribution in [2.45, 2.75) is 71.4 Å². The van der Waals surface area contributed by atoms with Gasteiger partial charge < -0.3 is 10.1 Å². The topological polar surface area (TPSA) is 56.2 Å². The molecule has 1 unspecified atom stereocenters. The summed E-state index contributed by atoms with van der Waals surface area (Å²) in [4.78, 5) is 13.2. The average molecular weight is 460 g/mol. The molecule has 1 N–H and O–H groups in total. The molecule has 0 radical (unpaired) electrons. The second-order valence-electron chi connectivity index (χ2n) is 9.49. The third-order valence-corrected chi connectivity index (χ3v) is 7.67. The van der Waals surface area contributed by atoms with Gasteiger partial charge in [0.05, 0.1) is 12.3 Å². The van der Waals surface area contributed by atoms with Crippen LogP contribution >= 0.6 is 11.8 Å². The molecule has 1 aliphatic carbocycles. The van der Waals surface area contributed by atoms with Crippen LogP contribution in [0.25, 0.3) is 11.3 Å². The van der Waals surface area contributed by atoms with Crippen LogP contribution in [0.1, 0.15) is 64.3 Å². The van der Waals surface area contributed by atoms with Crippen molar-refractivity contribution in [1.29, 1.82) is 0 Å². The zero-order valence-corrected chi connectivity index (χ0v) is 20.4. The number of benzene rings is 1. The summed E-state index contributed by atoms with van der Waals surface area (Å²) in [7, 11) is 0. The molecule has 2 aromatic rings. The highest BCUT2D eigenvalue weighted by Crippen LogP contribution is 2.37. The fourth-order valence-electron chi connectivity index (χ4n) is 4.79. The summed E-state index contributed by atoms with van der Waals surface area (Å²) in [6, 6.07) is 4.97. The van der Waals surface area contributed by atoms with Crippen molar-refractivity contribution < 1.29 is 13.9 Å². The summed E-state index contributed by atoms with van der Waals surface area (Å²) in [6.07, 6.45) is 4.16. The molecule has 0 spiro atoms. The van der Waals surface area contributed by atoms with Gasteiger partial charge >= 0.3 is 0 Å². The number of ether oxygens (including phenoxy) is 1. The van der Waals surface area contributed by atoms with Crippen molar-refractivity contribution in [2.24, 2.45) is 5.92 Å². The number of amides is 1. The Morgan fingerprint density at radius 3 is 2.81 bits per heavy atom. The zero-order valence-electron chi connectivity index (χ0n) is 19.5. The first-order valence-corrected chi connectivity index (χ1v) is 12.9. The van der Waals surface area contributed by atoms with E-state index in [1.165, 1.54) is 6.07 Å². The van der Waals surface area contributed by atoms with Crippen LogP contribution in [0.3, 0.4) is 0 Å². The van der Waals surface area contributed by atoms with E-state index in [2.05, 4.69) is 26.1 Å². The van der Waals surface area contributed by atoms with Gasteiger partial charge in [-0.1, -0.05) is 0 Å². The molecule has 5 nitrogen and oxygen atoms in total. The molecule has 1 fully saturated rings. The number of nitrogens with one attached hydrogen (secondary N) is 1. The predicted molar refractivity (Wildman–Crippen MR) is 128 cm³/mol. The maximum atomic E-state index is 14.8. The molecule has 1 amide bonds. The summed E-state index contributed by atoms with van der Waals surface area (Å²) < 4.78 is 22.4. The minimum Gasteiger partial charge on any atom is -0.494 e. The molecule has 1 saturated heterocycles. The number of fused-ring (bicyclic) bond motifs is 1. The van der Waals surface area contributed by atoms with Crippen molar-refractivity contribution in [3.8, 4) is 17.0 Å². The van der Waals surface area contributed by atoms with Crippen LogP contribution in [0.15, 0.2) is 18.2 Å². The number of nitrogens with zero attached hydrogens (tertiary/aromatic N) is 2. The van der Waals surface area contributed by atoms with Gasteiger partial charge in [-0.15, -0.1) is 0 Å². The largest absolute Gasteiger partial charge is 0.494 e. The Balaban J connectivity index is 1.62. The Morgan fingerprint density at radius 1 is 1.38 bits per heavy atom. The third kappa shape index (κ3) is 4.68. The van der Waals surface area contributed by atoms with Gasteiger partial charge in [-0.25, -0.2) is 4.39 Å². The second kappa shape index (κ2) is 9.46. The summed E-state index contributed by atoms with van der Waals surface area (Å²) in [5, 5.41) is 8.19. The molecule has 1 aromatic heterocycles. The summed E-state index contributed by atoms with van der Waals surface area (Å²) in [6.45, 7) is 8.76. The van der Waals surface area contributed by atoms with Gasteiger partial charge in [0.1, 0.15) is 11.6 Å². The molecule has 4 rings (SSSR count). The van der Waals surface area contributed by atoms with Gasteiger partial charge in [0, 0.05) is 40.7 Å². The van der Waals surface area contributed by atoms with Crippen molar-refractivity contribution in [1.82, 2.24) is 15.1 Å². The Hall–Kier alpha value is -2.02. The fraction of sp³-hybridized carbons (Fsp3) is 0.600. The molecule has 0 bridgehead atoms. The van der Waals surface area contributed by atoms with Crippen molar-refractivity contribution in [3.05, 3.63) is 35.3 Å². The van der Waals surface area contributed by atoms with E-state index in [0.717, 1.165) is 48.4 Å². The second-order valence-corrected chi connectivity index (χ2v) is 10.7. The quantitative estimate of drug-likeness (QED) is 0.647. The molecule has 1 atom stereocenters. The minimum atomic E-state index is -0.299. The number of hydrogen-bond acceptors (Lipinski definition) is 4. The van der Waals surface area contributed by atoms with Crippen LogP contribution in [0.5, 0.6) is 5.75 Å². The molecule has 2 aliphatic rings. The standard InChI is InChI=1S/C25H34FN3O2S/c1-5-31-18-7-9-21(26)20(15-18)23-19-8-6-17(14-22(19)29(28-23)16(2)3)24(30)27-25(4)10-12-32-13-11-25/h7,9,15-17H,5-6,8,10-14H2,1-4H3,(H,27,30). The van der Waals surface area contributed by atoms with Gasteiger partial charge in [0.2, 0.25) is 5.91 Å². The maximum absolute atomic E-state index is 14.8. The summed E-state index contributed by atoms with van der Waals surface area (Å²) >= 11 is 1.96. The number of hydrogen-bond donors (Lipinski definition) is 1. The molecule has 32 heavy (non-hydrogen) atoms. The molecule has 0 saturated carbocycles. The lowest BCUT2D eigenvalue weighted by Crippen LogP contribution is -2.51. The fourth-order valence-corrected chi connectivity index (χ4v) is 6.19. The third-order valence-electron chi connectivity index (χ3n) is 6.69. The Bertz CT molecular complexity index is 982. The first-order chi connectivity index (χ1) is 15.3. The number of carbonyl (C=O) groups excluding carboxylic acids is 1. The first kappa shape index (κ1) is 23.1. The van der Waals surface area contributed by atoms with E-state index >= 15 is 0 Å². The molecular formula is C25H34FN3O2S. The van der Waals surface area contributed by atoms with Crippen LogP contribution in [0, 0.1) is 11.7 Å². The summed E-state index contributed by atoms with van der Waals surface area (Å²) in [5.41, 5.74) is 3.18. The van der Waals surface area contributed by atoms with E-state index in [-0.39, 0.29) is 29.2 Å². The average Bonchev–Trinajstić information content (AvgIpc) is 3.14. The lowest BCUT2D eigenvalue weighted by atomic mass is 9.84. The SMILES string of the molecule is CCOc1ccc(F)c(-c2nn(C(C)C)c3c2CCC(C(=O)NC2(C)CCSCC2)C3)c1. The molecule has 174 valence electrons. The highest BCUT2D eigenvalue weighted by atomic mass is 32.2. The minimum absolute atomic E-state index is 0.0736. The van der Waals surface area contributed by atoms with Gasteiger partial charge in [-0.05, 0) is 83.1 Å². The normalized spacial score (nSPS) is 20.1. The van der Waals surface area contributed by atoms with E-state index in [1.807, 2.05) is 23.4 Å². The highest BCUT2D eigenvalue weighted by Gasteiger charge is 2.35. The summed E-state index contributed by atoms with van der Waals surface area (Å²) in [5.74, 6) is 2.61. The van der Waals surface area contributed by atoms with E-state index in [4.69, 9.17) is 9.84 Å². The van der Waals surface area contributed by atoms with Gasteiger partial charge in [-0.3, -0.25) is 9.48 Å². The number of carbonyl (C=O) groups is 1. The van der Waals surface area contributed by atoms with Crippen LogP contribution in [-0.2, 0) is 17.6 Å². The molecule has 1 aliphatic heterocycles. The van der Waals surface area contributed by atoms with Crippen LogP contribution in [0.2, 0.25) is 0 Å². The predicted octanol–water partition coefficient (Wildman–Crippen LogP) is 5.18. The molecule has 7 heteroatoms. The van der Waals surface area contributed by atoms with Gasteiger partial charge in [0.25, 0.3) is 0 Å². The number of aromatic nitrogens is 2. The van der Waals surface area contributed by atoms with E-state index in [9.17, 15) is 9.18 Å². The lowest BCUT2D eigenvalue weighted by molar-refractivity contribution is -0.127. The number of rotatable bonds is 6. The highest BCUT2D eigenvalue weighted by molar-refractivity contribution is 7.99. The number of thioether (sulfide) groups is 1. The van der Waals surface area contributed by atoms with Crippen molar-refractivity contribution in [3.63, 3.8) is 0 Å². The van der Waals surface area contributed by atoms with Crippen LogP contribution in [-0.4, -0.2) is 39.3 Å². The number of halogens is 1. The monoisotopic (exact) mass is 459 g/mol. The first-order valence-electron chi connectivity index (χ1n) is 11.7.